The van der Waals surface area contributed by atoms with Crippen molar-refractivity contribution in [3.8, 4) is 31.7 Å². The summed E-state index contributed by atoms with van der Waals surface area (Å²) in [5.74, 6) is 0. The van der Waals surface area contributed by atoms with E-state index in [1.165, 1.54) is 4.88 Å². The molecule has 0 aromatic carbocycles. The van der Waals surface area contributed by atoms with Gasteiger partial charge in [-0.05, 0) is 17.5 Å². The second kappa shape index (κ2) is 5.48. The van der Waals surface area contributed by atoms with Gasteiger partial charge >= 0.3 is 0 Å². The molecule has 4 aromatic rings. The third kappa shape index (κ3) is 2.53. The molecule has 0 N–H and O–H groups in total. The summed E-state index contributed by atoms with van der Waals surface area (Å²) in [6.45, 7) is 0. The molecule has 4 aromatic heterocycles. The molecule has 0 radical (unpaired) electrons. The van der Waals surface area contributed by atoms with Gasteiger partial charge in [0.15, 0.2) is 0 Å². The van der Waals surface area contributed by atoms with Gasteiger partial charge in [-0.1, -0.05) is 6.07 Å². The lowest BCUT2D eigenvalue weighted by Crippen LogP contribution is -1.82. The van der Waals surface area contributed by atoms with E-state index in [-0.39, 0.29) is 0 Å². The van der Waals surface area contributed by atoms with Crippen molar-refractivity contribution in [3.63, 3.8) is 0 Å². The van der Waals surface area contributed by atoms with Crippen LogP contribution in [0.3, 0.4) is 0 Å². The van der Waals surface area contributed by atoms with Crippen molar-refractivity contribution < 1.29 is 0 Å². The van der Waals surface area contributed by atoms with Crippen LogP contribution in [0, 0.1) is 0 Å². The lowest BCUT2D eigenvalue weighted by atomic mass is 10.2. The molecular formula is C15H9N3S3. The molecule has 21 heavy (non-hydrogen) atoms. The first-order chi connectivity index (χ1) is 10.4. The van der Waals surface area contributed by atoms with Crippen LogP contribution >= 0.6 is 34.0 Å². The van der Waals surface area contributed by atoms with E-state index < -0.39 is 0 Å². The zero-order valence-electron chi connectivity index (χ0n) is 10.8. The molecule has 0 aliphatic carbocycles. The van der Waals surface area contributed by atoms with Crippen LogP contribution in [0.1, 0.15) is 0 Å². The molecule has 0 amide bonds. The van der Waals surface area contributed by atoms with Gasteiger partial charge in [0.2, 0.25) is 0 Å². The largest absolute Gasteiger partial charge is 0.263 e. The molecular weight excluding hydrogens is 318 g/mol. The van der Waals surface area contributed by atoms with Crippen LogP contribution < -0.4 is 0 Å². The lowest BCUT2D eigenvalue weighted by Gasteiger charge is -2.00. The summed E-state index contributed by atoms with van der Waals surface area (Å²) in [7, 11) is 0. The van der Waals surface area contributed by atoms with Gasteiger partial charge in [0.25, 0.3) is 0 Å². The van der Waals surface area contributed by atoms with E-state index >= 15 is 0 Å². The molecule has 6 heteroatoms. The molecule has 0 aliphatic rings. The van der Waals surface area contributed by atoms with Crippen LogP contribution in [0.2, 0.25) is 0 Å². The fourth-order valence-corrected chi connectivity index (χ4v) is 4.16. The molecule has 0 spiro atoms. The number of thiophene rings is 1. The molecule has 4 heterocycles. The second-order valence-electron chi connectivity index (χ2n) is 4.31. The smallest absolute Gasteiger partial charge is 0.142 e. The Morgan fingerprint density at radius 3 is 2.67 bits per heavy atom. The van der Waals surface area contributed by atoms with Crippen molar-refractivity contribution in [3.05, 3.63) is 52.9 Å². The molecule has 0 saturated carbocycles. The summed E-state index contributed by atoms with van der Waals surface area (Å²) < 4.78 is 0. The Morgan fingerprint density at radius 2 is 1.86 bits per heavy atom. The summed E-state index contributed by atoms with van der Waals surface area (Å²) in [5, 5.41) is 8.02. The highest BCUT2D eigenvalue weighted by Crippen LogP contribution is 2.32. The highest BCUT2D eigenvalue weighted by atomic mass is 32.1. The summed E-state index contributed by atoms with van der Waals surface area (Å²) in [4.78, 5) is 14.5. The van der Waals surface area contributed by atoms with Gasteiger partial charge < -0.3 is 0 Å². The predicted octanol–water partition coefficient (Wildman–Crippen LogP) is 5.06. The first kappa shape index (κ1) is 12.8. The maximum Gasteiger partial charge on any atom is 0.142 e. The van der Waals surface area contributed by atoms with Crippen LogP contribution in [0.25, 0.3) is 31.7 Å². The number of nitrogens with zero attached hydrogens (tertiary/aromatic N) is 3. The molecule has 0 saturated heterocycles. The Morgan fingerprint density at radius 1 is 0.905 bits per heavy atom. The minimum absolute atomic E-state index is 0.937. The number of rotatable bonds is 3. The summed E-state index contributed by atoms with van der Waals surface area (Å²) in [6.07, 6.45) is 5.56. The van der Waals surface area contributed by atoms with Gasteiger partial charge in [-0.15, -0.1) is 34.0 Å². The molecule has 0 bridgehead atoms. The predicted molar refractivity (Wildman–Crippen MR) is 89.8 cm³/mol. The number of hydrogen-bond acceptors (Lipinski definition) is 6. The van der Waals surface area contributed by atoms with Crippen molar-refractivity contribution in [1.29, 1.82) is 0 Å². The average Bonchev–Trinajstić information content (AvgIpc) is 3.26. The monoisotopic (exact) mass is 327 g/mol. The van der Waals surface area contributed by atoms with Gasteiger partial charge in [-0.25, -0.2) is 9.97 Å². The lowest BCUT2D eigenvalue weighted by molar-refractivity contribution is 1.31. The number of hydrogen-bond donors (Lipinski definition) is 0. The third-order valence-corrected chi connectivity index (χ3v) is 5.55. The van der Waals surface area contributed by atoms with E-state index in [1.807, 2.05) is 23.2 Å². The summed E-state index contributed by atoms with van der Waals surface area (Å²) >= 11 is 4.95. The fourth-order valence-electron chi connectivity index (χ4n) is 1.99. The molecule has 3 nitrogen and oxygen atoms in total. The van der Waals surface area contributed by atoms with E-state index in [1.54, 1.807) is 40.2 Å². The van der Waals surface area contributed by atoms with Gasteiger partial charge in [-0.2, -0.15) is 0 Å². The Labute approximate surface area is 133 Å². The van der Waals surface area contributed by atoms with Gasteiger partial charge in [0, 0.05) is 45.4 Å². The topological polar surface area (TPSA) is 38.7 Å². The van der Waals surface area contributed by atoms with E-state index in [0.717, 1.165) is 26.8 Å². The minimum Gasteiger partial charge on any atom is -0.263 e. The number of pyridine rings is 1. The molecule has 102 valence electrons. The maximum atomic E-state index is 4.68. The highest BCUT2D eigenvalue weighted by Gasteiger charge is 2.10. The third-order valence-electron chi connectivity index (χ3n) is 2.95. The fraction of sp³-hybridized carbons (Fsp3) is 0. The maximum absolute atomic E-state index is 4.68. The van der Waals surface area contributed by atoms with Gasteiger partial charge in [0.05, 0.1) is 0 Å². The molecule has 4 rings (SSSR count). The number of thiazole rings is 2. The average molecular weight is 327 g/mol. The molecule has 0 atom stereocenters. The van der Waals surface area contributed by atoms with Gasteiger partial charge in [-0.3, -0.25) is 4.98 Å². The van der Waals surface area contributed by atoms with Crippen molar-refractivity contribution in [1.82, 2.24) is 15.0 Å². The van der Waals surface area contributed by atoms with Crippen LogP contribution in [0.4, 0.5) is 0 Å². The van der Waals surface area contributed by atoms with Crippen molar-refractivity contribution in [2.45, 2.75) is 0 Å². The van der Waals surface area contributed by atoms with E-state index in [2.05, 4.69) is 38.5 Å². The summed E-state index contributed by atoms with van der Waals surface area (Å²) in [5.41, 5.74) is 3.12. The highest BCUT2D eigenvalue weighted by molar-refractivity contribution is 7.15. The molecule has 0 fully saturated rings. The first-order valence-electron chi connectivity index (χ1n) is 6.25. The second-order valence-corrected chi connectivity index (χ2v) is 7.02. The Bertz CT molecular complexity index is 848. The SMILES string of the molecule is c1csc(-c2cncc(-c3nc(-c4nccs4)cs3)c2)c1. The Hall–Kier alpha value is -1.89. The van der Waals surface area contributed by atoms with Gasteiger partial charge in [0.1, 0.15) is 15.7 Å². The normalized spacial score (nSPS) is 10.9. The zero-order chi connectivity index (χ0) is 14.1. The van der Waals surface area contributed by atoms with Crippen LogP contribution in [-0.2, 0) is 0 Å². The quantitative estimate of drug-likeness (QED) is 0.528. The zero-order valence-corrected chi connectivity index (χ0v) is 13.2. The van der Waals surface area contributed by atoms with E-state index in [9.17, 15) is 0 Å². The minimum atomic E-state index is 0.937. The van der Waals surface area contributed by atoms with Crippen LogP contribution in [0.5, 0.6) is 0 Å². The molecule has 0 unspecified atom stereocenters. The van der Waals surface area contributed by atoms with Crippen molar-refractivity contribution >= 4 is 34.0 Å². The van der Waals surface area contributed by atoms with E-state index in [4.69, 9.17) is 0 Å². The Kier molecular flexibility index (Phi) is 3.34. The van der Waals surface area contributed by atoms with Crippen molar-refractivity contribution in [2.75, 3.05) is 0 Å². The van der Waals surface area contributed by atoms with Crippen molar-refractivity contribution in [2.24, 2.45) is 0 Å². The number of aromatic nitrogens is 3. The standard InChI is InChI=1S/C15H9N3S3/c1-2-13(19-4-1)10-6-11(8-16-7-10)14-18-12(9-21-14)15-17-3-5-20-15/h1-9H. The summed E-state index contributed by atoms with van der Waals surface area (Å²) in [6, 6.07) is 6.30. The van der Waals surface area contributed by atoms with Crippen LogP contribution in [0.15, 0.2) is 52.9 Å². The first-order valence-corrected chi connectivity index (χ1v) is 8.89. The Balaban J connectivity index is 1.72. The van der Waals surface area contributed by atoms with E-state index in [0.29, 0.717) is 0 Å². The van der Waals surface area contributed by atoms with Crippen LogP contribution in [-0.4, -0.2) is 15.0 Å². The molecule has 0 aliphatic heterocycles.